The monoisotopic (exact) mass is 1650 g/mol. The SMILES string of the molecule is Nc1ccc(C(F)(F)F)cc1-c1nc2cccnc2o1.Nc1ccc(Cl)cc1-c1nc2cccnc2o1.Nc1ccc(Cl)cc1-c1nc2cnccc2o1.Nc1ccc(Cl)cc1-c1nc2ncccc2o1.Nc1ccccc1-c1nc2cccnc2o1.Nc1ccccc1-c1nc2cnccc2o1.Nc1ccccc1-c1nc2ncccc2o1. The molecule has 28 nitrogen and oxygen atoms in total. The molecule has 14 N–H and O–H groups in total. The van der Waals surface area contributed by atoms with Gasteiger partial charge in [-0.2, -0.15) is 23.1 Å². The van der Waals surface area contributed by atoms with Gasteiger partial charge in [-0.1, -0.05) is 71.2 Å². The van der Waals surface area contributed by atoms with Crippen LogP contribution in [0.25, 0.3) is 159 Å². The van der Waals surface area contributed by atoms with Crippen molar-refractivity contribution in [3.8, 4) is 80.2 Å². The maximum atomic E-state index is 12.7. The number of benzene rings is 7. The van der Waals surface area contributed by atoms with E-state index in [-0.39, 0.29) is 22.9 Å². The average molecular weight is 1650 g/mol. The lowest BCUT2D eigenvalue weighted by Crippen LogP contribution is -2.05. The second-order valence-electron chi connectivity index (χ2n) is 25.2. The summed E-state index contributed by atoms with van der Waals surface area (Å²) in [6, 6.07) is 62.3. The lowest BCUT2D eigenvalue weighted by molar-refractivity contribution is -0.137. The Labute approximate surface area is 684 Å². The molecule has 0 fully saturated rings. The van der Waals surface area contributed by atoms with Gasteiger partial charge in [-0.05, 0) is 170 Å². The molecule has 0 unspecified atom stereocenters. The first-order valence-corrected chi connectivity index (χ1v) is 36.5. The number of nitrogen functional groups attached to an aromatic ring is 7. The van der Waals surface area contributed by atoms with Gasteiger partial charge < -0.3 is 71.1 Å². The predicted molar refractivity (Wildman–Crippen MR) is 452 cm³/mol. The van der Waals surface area contributed by atoms with E-state index in [9.17, 15) is 13.2 Å². The number of nitrogens with two attached hydrogens (primary N) is 7. The fourth-order valence-electron chi connectivity index (χ4n) is 11.3. The molecule has 119 heavy (non-hydrogen) atoms. The van der Waals surface area contributed by atoms with Crippen LogP contribution in [0.1, 0.15) is 5.56 Å². The number of oxazole rings is 7. The van der Waals surface area contributed by atoms with Crippen molar-refractivity contribution in [3.63, 3.8) is 0 Å². The molecule has 0 aliphatic heterocycles. The van der Waals surface area contributed by atoms with Crippen molar-refractivity contribution in [2.45, 2.75) is 6.18 Å². The van der Waals surface area contributed by atoms with Crippen LogP contribution in [-0.2, 0) is 6.18 Å². The molecule has 34 heteroatoms. The number of hydrogen-bond acceptors (Lipinski definition) is 28. The highest BCUT2D eigenvalue weighted by atomic mass is 35.5. The van der Waals surface area contributed by atoms with Crippen LogP contribution >= 0.6 is 34.8 Å². The second kappa shape index (κ2) is 34.9. The summed E-state index contributed by atoms with van der Waals surface area (Å²) < 4.78 is 76.9. The minimum absolute atomic E-state index is 0.0160. The second-order valence-corrected chi connectivity index (χ2v) is 26.5. The molecule has 0 atom stereocenters. The molecule has 21 aromatic rings. The normalized spacial score (nSPS) is 11.0. The molecule has 7 aromatic carbocycles. The molecule has 0 aliphatic carbocycles. The van der Waals surface area contributed by atoms with Gasteiger partial charge in [-0.3, -0.25) is 9.97 Å². The maximum Gasteiger partial charge on any atom is 0.416 e. The molecule has 0 amide bonds. The van der Waals surface area contributed by atoms with Crippen LogP contribution in [0.15, 0.2) is 305 Å². The Bertz CT molecular complexity index is 6380. The third kappa shape index (κ3) is 18.4. The topological polar surface area (TPSA) is 455 Å². The first-order valence-electron chi connectivity index (χ1n) is 35.4. The number of alkyl halides is 3. The van der Waals surface area contributed by atoms with Crippen LogP contribution in [0.4, 0.5) is 53.0 Å². The van der Waals surface area contributed by atoms with Crippen molar-refractivity contribution < 1.29 is 44.1 Å². The van der Waals surface area contributed by atoms with Crippen molar-refractivity contribution in [3.05, 3.63) is 295 Å². The molecule has 0 spiro atoms. The zero-order valence-electron chi connectivity index (χ0n) is 61.4. The van der Waals surface area contributed by atoms with Gasteiger partial charge in [0.05, 0.1) is 56.9 Å². The van der Waals surface area contributed by atoms with E-state index in [0.29, 0.717) is 163 Å². The Morgan fingerprint density at radius 2 is 0.546 bits per heavy atom. The zero-order valence-corrected chi connectivity index (χ0v) is 63.7. The van der Waals surface area contributed by atoms with Crippen LogP contribution in [0.2, 0.25) is 15.1 Å². The highest BCUT2D eigenvalue weighted by Crippen LogP contribution is 2.39. The van der Waals surface area contributed by atoms with E-state index in [0.717, 1.165) is 39.9 Å². The summed E-state index contributed by atoms with van der Waals surface area (Å²) in [5.74, 6) is 2.87. The zero-order chi connectivity index (χ0) is 82.7. The van der Waals surface area contributed by atoms with Gasteiger partial charge in [-0.25, -0.2) is 49.8 Å². The third-order valence-electron chi connectivity index (χ3n) is 17.1. The number of pyridine rings is 7. The predicted octanol–water partition coefficient (Wildman–Crippen LogP) is 20.3. The summed E-state index contributed by atoms with van der Waals surface area (Å²) in [6.07, 6.45) is 10.4. The van der Waals surface area contributed by atoms with Crippen molar-refractivity contribution in [2.75, 3.05) is 40.1 Å². The Morgan fingerprint density at radius 1 is 0.252 bits per heavy atom. The highest BCUT2D eigenvalue weighted by molar-refractivity contribution is 6.31. The molecule has 0 aliphatic rings. The number of rotatable bonds is 7. The van der Waals surface area contributed by atoms with Gasteiger partial charge in [0.1, 0.15) is 27.6 Å². The number of anilines is 7. The van der Waals surface area contributed by atoms with Crippen LogP contribution in [-0.4, -0.2) is 69.8 Å². The van der Waals surface area contributed by atoms with Crippen molar-refractivity contribution >= 4 is 153 Å². The maximum absolute atomic E-state index is 12.7. The van der Waals surface area contributed by atoms with Crippen LogP contribution < -0.4 is 40.1 Å². The fourth-order valence-corrected chi connectivity index (χ4v) is 11.9. The smallest absolute Gasteiger partial charge is 0.416 e. The molecule has 588 valence electrons. The van der Waals surface area contributed by atoms with Crippen LogP contribution in [0.5, 0.6) is 0 Å². The third-order valence-corrected chi connectivity index (χ3v) is 17.8. The summed E-state index contributed by atoms with van der Waals surface area (Å²) in [5, 5.41) is 1.77. The quantitative estimate of drug-likeness (QED) is 0.0729. The number of halogens is 6. The van der Waals surface area contributed by atoms with Gasteiger partial charge >= 0.3 is 6.18 Å². The summed E-state index contributed by atoms with van der Waals surface area (Å²) in [5.41, 5.74) is 56.8. The van der Waals surface area contributed by atoms with E-state index in [1.165, 1.54) is 12.3 Å². The van der Waals surface area contributed by atoms with Crippen molar-refractivity contribution in [1.82, 2.24) is 69.8 Å². The number of fused-ring (bicyclic) bond motifs is 7. The van der Waals surface area contributed by atoms with E-state index >= 15 is 0 Å². The number of para-hydroxylation sites is 3. The molecular weight excluding hydrogens is 1590 g/mol. The number of aromatic nitrogens is 14. The van der Waals surface area contributed by atoms with E-state index < -0.39 is 11.7 Å². The minimum Gasteiger partial charge on any atom is -0.436 e. The number of nitrogens with zero attached hydrogens (tertiary/aromatic N) is 14. The minimum atomic E-state index is -4.45. The van der Waals surface area contributed by atoms with Gasteiger partial charge in [0.25, 0.3) is 0 Å². The fraction of sp³-hybridized carbons (Fsp3) is 0.0118. The summed E-state index contributed by atoms with van der Waals surface area (Å²) in [4.78, 5) is 58.2. The lowest BCUT2D eigenvalue weighted by atomic mass is 10.1. The molecule has 0 saturated heterocycles. The van der Waals surface area contributed by atoms with Gasteiger partial charge in [-0.15, -0.1) is 0 Å². The highest BCUT2D eigenvalue weighted by Gasteiger charge is 2.32. The van der Waals surface area contributed by atoms with Crippen LogP contribution in [0.3, 0.4) is 0 Å². The molecule has 0 radical (unpaired) electrons. The van der Waals surface area contributed by atoms with Crippen molar-refractivity contribution in [1.29, 1.82) is 0 Å². The first-order chi connectivity index (χ1) is 57.7. The standard InChI is InChI=1S/C13H8F3N3O.3C12H8ClN3O.3C12H9N3O/c14-13(15,16)7-3-4-9(17)8(6-7)11-19-10-2-1-5-18-12(10)20-11;13-7-1-2-9(14)8(5-7)12-16-10-6-15-4-3-11(10)17-12;13-7-3-4-9(14)8(6-7)12-16-11-10(17-12)2-1-5-15-11;13-7-3-4-9(14)8(6-7)11-16-10-2-1-5-15-12(10)17-11;13-9-5-2-1-4-8(9)12-15-11-10(16-12)6-3-7-14-11;13-9-5-2-1-4-8(9)11-15-10-6-3-7-14-12(10)16-11;13-9-4-2-1-3-8(9)12-15-10-7-14-6-5-11(10)16-12/h1-6H,17H2;3*1-6H,14H2;3*1-7H,13H2. The number of hydrogen-bond donors (Lipinski definition) is 7. The Kier molecular flexibility index (Phi) is 23.0. The Hall–Kier alpha value is -15.9. The molecule has 14 aromatic heterocycles. The summed E-state index contributed by atoms with van der Waals surface area (Å²) >= 11 is 17.8. The first kappa shape index (κ1) is 78.4. The van der Waals surface area contributed by atoms with Gasteiger partial charge in [0, 0.05) is 110 Å². The molecule has 0 bridgehead atoms. The molecule has 14 heterocycles. The van der Waals surface area contributed by atoms with Gasteiger partial charge in [0.15, 0.2) is 33.6 Å². The molecular formula is C85H59Cl3F3N21O7. The van der Waals surface area contributed by atoms with E-state index in [4.69, 9.17) is 106 Å². The van der Waals surface area contributed by atoms with Gasteiger partial charge in [0.2, 0.25) is 58.4 Å². The van der Waals surface area contributed by atoms with E-state index in [1.54, 1.807) is 147 Å². The van der Waals surface area contributed by atoms with Crippen LogP contribution in [0, 0.1) is 0 Å². The largest absolute Gasteiger partial charge is 0.436 e. The summed E-state index contributed by atoms with van der Waals surface area (Å²) in [7, 11) is 0. The molecule has 21 rings (SSSR count). The summed E-state index contributed by atoms with van der Waals surface area (Å²) in [6.45, 7) is 0. The lowest BCUT2D eigenvalue weighted by Gasteiger charge is -2.08. The Balaban J connectivity index is 0.000000109. The average Bonchev–Trinajstić information content (AvgIpc) is 1.74. The van der Waals surface area contributed by atoms with E-state index in [2.05, 4.69) is 69.8 Å². The van der Waals surface area contributed by atoms with E-state index in [1.807, 2.05) is 103 Å². The van der Waals surface area contributed by atoms with Crippen molar-refractivity contribution in [2.24, 2.45) is 0 Å². The Morgan fingerprint density at radius 3 is 0.908 bits per heavy atom. The molecule has 0 saturated carbocycles.